The Hall–Kier alpha value is -3.50. The van der Waals surface area contributed by atoms with E-state index in [2.05, 4.69) is 0 Å². The summed E-state index contributed by atoms with van der Waals surface area (Å²) in [6.45, 7) is 3.83. The first-order valence-corrected chi connectivity index (χ1v) is 12.3. The van der Waals surface area contributed by atoms with Gasteiger partial charge in [-0.2, -0.15) is 0 Å². The van der Waals surface area contributed by atoms with Gasteiger partial charge in [0.15, 0.2) is 5.78 Å². The summed E-state index contributed by atoms with van der Waals surface area (Å²) in [5.74, 6) is -2.12. The van der Waals surface area contributed by atoms with E-state index in [0.717, 1.165) is 22.3 Å². The number of amides is 2. The van der Waals surface area contributed by atoms with Gasteiger partial charge in [0.1, 0.15) is 0 Å². The molecule has 2 bridgehead atoms. The van der Waals surface area contributed by atoms with E-state index < -0.39 is 22.7 Å². The molecule has 3 aliphatic rings. The lowest BCUT2D eigenvalue weighted by Crippen LogP contribution is -2.41. The zero-order valence-electron chi connectivity index (χ0n) is 19.5. The van der Waals surface area contributed by atoms with Gasteiger partial charge in [0.2, 0.25) is 11.8 Å². The SMILES string of the molecule is CC[C@@]12C(=O)[C@@](C)(C(c3ccccc3)=C1c1ccccc1)[C@H]1C(=O)N(c3ccc(Cl)cc3)C(=O)[C@H]12. The molecule has 6 rings (SSSR count). The highest BCUT2D eigenvalue weighted by Crippen LogP contribution is 2.74. The van der Waals surface area contributed by atoms with Crippen LogP contribution in [0.25, 0.3) is 11.1 Å². The summed E-state index contributed by atoms with van der Waals surface area (Å²) in [4.78, 5) is 43.7. The Morgan fingerprint density at radius 3 is 1.80 bits per heavy atom. The Bertz CT molecular complexity index is 1410. The van der Waals surface area contributed by atoms with Gasteiger partial charge in [-0.15, -0.1) is 0 Å². The first-order chi connectivity index (χ1) is 16.9. The number of allylic oxidation sites excluding steroid dienone is 2. The van der Waals surface area contributed by atoms with Crippen LogP contribution >= 0.6 is 11.6 Å². The maximum absolute atomic E-state index is 14.4. The molecule has 4 nitrogen and oxygen atoms in total. The lowest BCUT2D eigenvalue weighted by atomic mass is 9.62. The molecule has 5 heteroatoms. The van der Waals surface area contributed by atoms with E-state index in [9.17, 15) is 14.4 Å². The highest BCUT2D eigenvalue weighted by molar-refractivity contribution is 6.35. The monoisotopic (exact) mass is 481 g/mol. The Kier molecular flexibility index (Phi) is 4.71. The van der Waals surface area contributed by atoms with Gasteiger partial charge >= 0.3 is 0 Å². The van der Waals surface area contributed by atoms with E-state index in [0.29, 0.717) is 17.1 Å². The van der Waals surface area contributed by atoms with Gasteiger partial charge in [0, 0.05) is 5.02 Å². The standard InChI is InChI=1S/C30H24ClNO3/c1-3-30-23(19-12-8-5-9-13-19)22(18-10-6-4-7-11-18)29(2,28(30)35)24-25(30)27(34)32(26(24)33)21-16-14-20(31)15-17-21/h4-17,24-25H,3H2,1-2H3/t24-,25+,29+,30-/m1/s1. The van der Waals surface area contributed by atoms with Crippen molar-refractivity contribution in [2.75, 3.05) is 4.90 Å². The van der Waals surface area contributed by atoms with Gasteiger partial charge in [0.25, 0.3) is 0 Å². The van der Waals surface area contributed by atoms with Crippen molar-refractivity contribution >= 4 is 46.0 Å². The van der Waals surface area contributed by atoms with Crippen LogP contribution in [0.15, 0.2) is 84.9 Å². The molecule has 4 atom stereocenters. The number of carbonyl (C=O) groups is 3. The molecule has 3 aromatic rings. The Morgan fingerprint density at radius 2 is 1.26 bits per heavy atom. The molecule has 2 aliphatic carbocycles. The molecule has 0 unspecified atom stereocenters. The molecule has 35 heavy (non-hydrogen) atoms. The van der Waals surface area contributed by atoms with Gasteiger partial charge < -0.3 is 0 Å². The smallest absolute Gasteiger partial charge is 0.239 e. The van der Waals surface area contributed by atoms with Gasteiger partial charge in [-0.1, -0.05) is 79.2 Å². The van der Waals surface area contributed by atoms with Crippen molar-refractivity contribution in [1.82, 2.24) is 0 Å². The lowest BCUT2D eigenvalue weighted by Gasteiger charge is -2.37. The highest BCUT2D eigenvalue weighted by Gasteiger charge is 2.79. The molecule has 1 heterocycles. The fraction of sp³-hybridized carbons (Fsp3) is 0.233. The van der Waals surface area contributed by atoms with Crippen LogP contribution in [-0.2, 0) is 14.4 Å². The highest BCUT2D eigenvalue weighted by atomic mass is 35.5. The van der Waals surface area contributed by atoms with Crippen LogP contribution in [0.5, 0.6) is 0 Å². The van der Waals surface area contributed by atoms with Gasteiger partial charge in [-0.25, -0.2) is 4.90 Å². The molecule has 0 spiro atoms. The van der Waals surface area contributed by atoms with E-state index in [1.165, 1.54) is 4.90 Å². The number of imide groups is 1. The summed E-state index contributed by atoms with van der Waals surface area (Å²) < 4.78 is 0. The number of carbonyl (C=O) groups excluding carboxylic acids is 3. The van der Waals surface area contributed by atoms with E-state index in [4.69, 9.17) is 11.6 Å². The number of halogens is 1. The van der Waals surface area contributed by atoms with Crippen molar-refractivity contribution in [3.05, 3.63) is 101 Å². The predicted octanol–water partition coefficient (Wildman–Crippen LogP) is 6.06. The van der Waals surface area contributed by atoms with E-state index in [1.807, 2.05) is 74.5 Å². The molecule has 2 amide bonds. The summed E-state index contributed by atoms with van der Waals surface area (Å²) in [6.07, 6.45) is 0.441. The Labute approximate surface area is 209 Å². The molecule has 2 fully saturated rings. The molecule has 3 aromatic carbocycles. The number of Topliss-reactive ketones (excluding diaryl/α,β-unsaturated/α-hetero) is 1. The minimum Gasteiger partial charge on any atom is -0.298 e. The molecule has 1 saturated carbocycles. The number of rotatable bonds is 4. The minimum absolute atomic E-state index is 0.0161. The van der Waals surface area contributed by atoms with Crippen LogP contribution in [0, 0.1) is 22.7 Å². The number of hydrogen-bond donors (Lipinski definition) is 0. The molecule has 1 saturated heterocycles. The first-order valence-electron chi connectivity index (χ1n) is 11.9. The molecule has 0 radical (unpaired) electrons. The number of hydrogen-bond acceptors (Lipinski definition) is 3. The third kappa shape index (κ3) is 2.61. The predicted molar refractivity (Wildman–Crippen MR) is 136 cm³/mol. The number of nitrogens with zero attached hydrogens (tertiary/aromatic N) is 1. The Balaban J connectivity index is 1.64. The van der Waals surface area contributed by atoms with Crippen molar-refractivity contribution < 1.29 is 14.4 Å². The summed E-state index contributed by atoms with van der Waals surface area (Å²) in [5.41, 5.74) is 1.91. The molecule has 0 aromatic heterocycles. The van der Waals surface area contributed by atoms with Crippen LogP contribution in [0.1, 0.15) is 31.4 Å². The average Bonchev–Trinajstić information content (AvgIpc) is 3.35. The van der Waals surface area contributed by atoms with Crippen LogP contribution in [0.2, 0.25) is 5.02 Å². The van der Waals surface area contributed by atoms with Crippen molar-refractivity contribution in [2.24, 2.45) is 22.7 Å². The second-order valence-electron chi connectivity index (χ2n) is 9.78. The second-order valence-corrected chi connectivity index (χ2v) is 10.2. The van der Waals surface area contributed by atoms with Crippen molar-refractivity contribution in [3.8, 4) is 0 Å². The topological polar surface area (TPSA) is 54.5 Å². The van der Waals surface area contributed by atoms with E-state index in [1.54, 1.807) is 24.3 Å². The summed E-state index contributed by atoms with van der Waals surface area (Å²) in [5, 5.41) is 0.527. The molecular weight excluding hydrogens is 458 g/mol. The van der Waals surface area contributed by atoms with Crippen LogP contribution in [-0.4, -0.2) is 17.6 Å². The van der Waals surface area contributed by atoms with Crippen LogP contribution < -0.4 is 4.90 Å². The maximum Gasteiger partial charge on any atom is 0.239 e. The summed E-state index contributed by atoms with van der Waals surface area (Å²) in [6, 6.07) is 26.4. The first kappa shape index (κ1) is 22.0. The van der Waals surface area contributed by atoms with Gasteiger partial charge in [0.05, 0.1) is 28.4 Å². The minimum atomic E-state index is -1.11. The summed E-state index contributed by atoms with van der Waals surface area (Å²) >= 11 is 6.06. The zero-order valence-corrected chi connectivity index (χ0v) is 20.3. The lowest BCUT2D eigenvalue weighted by molar-refractivity contribution is -0.134. The normalized spacial score (nSPS) is 29.3. The Morgan fingerprint density at radius 1 is 0.743 bits per heavy atom. The van der Waals surface area contributed by atoms with Gasteiger partial charge in [-0.3, -0.25) is 14.4 Å². The molecule has 1 aliphatic heterocycles. The van der Waals surface area contributed by atoms with Crippen molar-refractivity contribution in [1.29, 1.82) is 0 Å². The quantitative estimate of drug-likeness (QED) is 0.426. The molecule has 0 N–H and O–H groups in total. The third-order valence-corrected chi connectivity index (χ3v) is 8.57. The molecule has 174 valence electrons. The van der Waals surface area contributed by atoms with Crippen LogP contribution in [0.4, 0.5) is 5.69 Å². The largest absolute Gasteiger partial charge is 0.298 e. The zero-order chi connectivity index (χ0) is 24.5. The van der Waals surface area contributed by atoms with E-state index >= 15 is 0 Å². The number of ketones is 1. The van der Waals surface area contributed by atoms with Crippen molar-refractivity contribution in [3.63, 3.8) is 0 Å². The number of fused-ring (bicyclic) bond motifs is 5. The number of benzene rings is 3. The van der Waals surface area contributed by atoms with Gasteiger partial charge in [-0.05, 0) is 59.9 Å². The summed E-state index contributed by atoms with van der Waals surface area (Å²) in [7, 11) is 0. The van der Waals surface area contributed by atoms with E-state index in [-0.39, 0.29) is 17.6 Å². The molecular formula is C30H24ClNO3. The third-order valence-electron chi connectivity index (χ3n) is 8.32. The maximum atomic E-state index is 14.4. The van der Waals surface area contributed by atoms with Crippen LogP contribution in [0.3, 0.4) is 0 Å². The fourth-order valence-electron chi connectivity index (χ4n) is 6.97. The number of anilines is 1. The average molecular weight is 482 g/mol. The fourth-order valence-corrected chi connectivity index (χ4v) is 7.10. The van der Waals surface area contributed by atoms with Crippen molar-refractivity contribution in [2.45, 2.75) is 20.3 Å². The second kappa shape index (κ2) is 7.50.